The van der Waals surface area contributed by atoms with Crippen molar-refractivity contribution >= 4 is 44.3 Å². The van der Waals surface area contributed by atoms with E-state index in [1.54, 1.807) is 19.1 Å². The number of rotatable bonds is 5. The zero-order valence-electron chi connectivity index (χ0n) is 14.9. The average molecular weight is 397 g/mol. The second kappa shape index (κ2) is 7.44. The summed E-state index contributed by atoms with van der Waals surface area (Å²) in [5, 5.41) is 4.04. The second-order valence-electron chi connectivity index (χ2n) is 6.31. The summed E-state index contributed by atoms with van der Waals surface area (Å²) in [6.07, 6.45) is 0. The highest BCUT2D eigenvalue weighted by Crippen LogP contribution is 2.28. The van der Waals surface area contributed by atoms with Gasteiger partial charge in [-0.05, 0) is 37.3 Å². The van der Waals surface area contributed by atoms with Crippen molar-refractivity contribution in [3.63, 3.8) is 0 Å². The van der Waals surface area contributed by atoms with Crippen molar-refractivity contribution in [1.82, 2.24) is 5.32 Å². The van der Waals surface area contributed by atoms with E-state index in [2.05, 4.69) is 5.32 Å². The van der Waals surface area contributed by atoms with E-state index < -0.39 is 24.3 Å². The fourth-order valence-electron chi connectivity index (χ4n) is 2.90. The number of para-hydroxylation sites is 1. The molecule has 1 atom stereocenters. The van der Waals surface area contributed by atoms with Crippen LogP contribution >= 0.6 is 11.3 Å². The first-order valence-electron chi connectivity index (χ1n) is 8.64. The van der Waals surface area contributed by atoms with Crippen molar-refractivity contribution < 1.29 is 23.1 Å². The molecule has 0 unspecified atom stereocenters. The van der Waals surface area contributed by atoms with Gasteiger partial charge in [-0.3, -0.25) is 4.79 Å². The van der Waals surface area contributed by atoms with Gasteiger partial charge < -0.3 is 14.5 Å². The highest BCUT2D eigenvalue weighted by Gasteiger charge is 2.18. The normalized spacial score (nSPS) is 12.2. The summed E-state index contributed by atoms with van der Waals surface area (Å²) in [6, 6.07) is 15.1. The standard InChI is InChI=1S/C21H16FNO4S/c1-12(17-9-13-5-2-3-7-16(13)27-17)23-20(24)11-26-21(25)19-10-14-15(22)6-4-8-18(14)28-19/h2-10,12H,11H2,1H3,(H,23,24)/t12-/m1/s1. The lowest BCUT2D eigenvalue weighted by Gasteiger charge is -2.11. The minimum Gasteiger partial charge on any atom is -0.459 e. The van der Waals surface area contributed by atoms with Gasteiger partial charge in [-0.1, -0.05) is 24.3 Å². The molecule has 0 aliphatic heterocycles. The Morgan fingerprint density at radius 1 is 1.18 bits per heavy atom. The van der Waals surface area contributed by atoms with E-state index in [0.29, 0.717) is 15.8 Å². The number of thiophene rings is 1. The van der Waals surface area contributed by atoms with Crippen molar-refractivity contribution in [3.8, 4) is 0 Å². The Balaban J connectivity index is 1.36. The van der Waals surface area contributed by atoms with Gasteiger partial charge in [0.15, 0.2) is 6.61 Å². The maximum absolute atomic E-state index is 13.7. The molecule has 4 rings (SSSR count). The molecule has 4 aromatic rings. The summed E-state index contributed by atoms with van der Waals surface area (Å²) in [7, 11) is 0. The molecule has 0 bridgehead atoms. The van der Waals surface area contributed by atoms with Gasteiger partial charge in [0.25, 0.3) is 5.91 Å². The van der Waals surface area contributed by atoms with Crippen LogP contribution in [0.5, 0.6) is 0 Å². The lowest BCUT2D eigenvalue weighted by atomic mass is 10.2. The monoisotopic (exact) mass is 397 g/mol. The van der Waals surface area contributed by atoms with Gasteiger partial charge in [0.05, 0.1) is 6.04 Å². The van der Waals surface area contributed by atoms with Gasteiger partial charge in [-0.15, -0.1) is 11.3 Å². The van der Waals surface area contributed by atoms with E-state index in [9.17, 15) is 14.0 Å². The topological polar surface area (TPSA) is 68.5 Å². The number of carbonyl (C=O) groups is 2. The van der Waals surface area contributed by atoms with E-state index >= 15 is 0 Å². The summed E-state index contributed by atoms with van der Waals surface area (Å²) >= 11 is 1.12. The molecule has 0 aliphatic rings. The van der Waals surface area contributed by atoms with Crippen molar-refractivity contribution in [2.45, 2.75) is 13.0 Å². The summed E-state index contributed by atoms with van der Waals surface area (Å²) in [5.74, 6) is -0.896. The number of nitrogens with one attached hydrogen (secondary N) is 1. The number of esters is 1. The Bertz CT molecular complexity index is 1150. The van der Waals surface area contributed by atoms with Gasteiger partial charge >= 0.3 is 5.97 Å². The van der Waals surface area contributed by atoms with Crippen LogP contribution in [0.15, 0.2) is 59.0 Å². The zero-order valence-corrected chi connectivity index (χ0v) is 15.7. The highest BCUT2D eigenvalue weighted by molar-refractivity contribution is 7.20. The number of hydrogen-bond donors (Lipinski definition) is 1. The van der Waals surface area contributed by atoms with Crippen LogP contribution in [-0.4, -0.2) is 18.5 Å². The molecule has 0 fully saturated rings. The van der Waals surface area contributed by atoms with Crippen LogP contribution in [0.2, 0.25) is 0 Å². The molecular formula is C21H16FNO4S. The fraction of sp³-hybridized carbons (Fsp3) is 0.143. The Morgan fingerprint density at radius 3 is 2.79 bits per heavy atom. The Kier molecular flexibility index (Phi) is 4.83. The van der Waals surface area contributed by atoms with Crippen LogP contribution in [0.1, 0.15) is 28.4 Å². The predicted octanol–water partition coefficient (Wildman–Crippen LogP) is 4.82. The summed E-state index contributed by atoms with van der Waals surface area (Å²) < 4.78 is 25.2. The number of fused-ring (bicyclic) bond motifs is 2. The number of carbonyl (C=O) groups excluding carboxylic acids is 2. The molecule has 0 aliphatic carbocycles. The number of hydrogen-bond acceptors (Lipinski definition) is 5. The molecular weight excluding hydrogens is 381 g/mol. The minimum atomic E-state index is -0.660. The molecule has 142 valence electrons. The first-order chi connectivity index (χ1) is 13.5. The molecule has 2 heterocycles. The minimum absolute atomic E-state index is 0.248. The smallest absolute Gasteiger partial charge is 0.348 e. The first-order valence-corrected chi connectivity index (χ1v) is 9.46. The molecule has 5 nitrogen and oxygen atoms in total. The molecule has 7 heteroatoms. The van der Waals surface area contributed by atoms with Gasteiger partial charge in [0, 0.05) is 15.5 Å². The van der Waals surface area contributed by atoms with Crippen LogP contribution < -0.4 is 5.32 Å². The van der Waals surface area contributed by atoms with E-state index in [1.165, 1.54) is 12.1 Å². The Labute approximate surface area is 163 Å². The van der Waals surface area contributed by atoms with Crippen LogP contribution in [0, 0.1) is 5.82 Å². The molecule has 2 aromatic heterocycles. The second-order valence-corrected chi connectivity index (χ2v) is 7.40. The SMILES string of the molecule is C[C@@H](NC(=O)COC(=O)c1cc2c(F)cccc2s1)c1cc2ccccc2o1. The van der Waals surface area contributed by atoms with Crippen molar-refractivity contribution in [2.24, 2.45) is 0 Å². The van der Waals surface area contributed by atoms with Crippen molar-refractivity contribution in [1.29, 1.82) is 0 Å². The van der Waals surface area contributed by atoms with Crippen LogP contribution in [0.4, 0.5) is 4.39 Å². The van der Waals surface area contributed by atoms with E-state index in [0.717, 1.165) is 22.3 Å². The first kappa shape index (κ1) is 18.2. The predicted molar refractivity (Wildman–Crippen MR) is 105 cm³/mol. The van der Waals surface area contributed by atoms with Crippen LogP contribution in [0.3, 0.4) is 0 Å². The van der Waals surface area contributed by atoms with Crippen LogP contribution in [0.25, 0.3) is 21.1 Å². The lowest BCUT2D eigenvalue weighted by molar-refractivity contribution is -0.125. The number of amides is 1. The molecule has 0 saturated heterocycles. The molecule has 0 radical (unpaired) electrons. The van der Waals surface area contributed by atoms with Gasteiger partial charge in [-0.25, -0.2) is 9.18 Å². The summed E-state index contributed by atoms with van der Waals surface area (Å²) in [4.78, 5) is 24.5. The summed E-state index contributed by atoms with van der Waals surface area (Å²) in [5.41, 5.74) is 0.738. The fourth-order valence-corrected chi connectivity index (χ4v) is 3.87. The molecule has 0 spiro atoms. The number of ether oxygens (including phenoxy) is 1. The highest BCUT2D eigenvalue weighted by atomic mass is 32.1. The third-order valence-electron chi connectivity index (χ3n) is 4.29. The van der Waals surface area contributed by atoms with Crippen molar-refractivity contribution in [3.05, 3.63) is 71.1 Å². The van der Waals surface area contributed by atoms with E-state index in [4.69, 9.17) is 9.15 Å². The molecule has 0 saturated carbocycles. The lowest BCUT2D eigenvalue weighted by Crippen LogP contribution is -2.30. The largest absolute Gasteiger partial charge is 0.459 e. The maximum atomic E-state index is 13.7. The third-order valence-corrected chi connectivity index (χ3v) is 5.37. The van der Waals surface area contributed by atoms with E-state index in [1.807, 2.05) is 30.3 Å². The number of benzene rings is 2. The number of furan rings is 1. The van der Waals surface area contributed by atoms with Gasteiger partial charge in [0.2, 0.25) is 0 Å². The average Bonchev–Trinajstić information content (AvgIpc) is 3.31. The molecule has 28 heavy (non-hydrogen) atoms. The molecule has 1 N–H and O–H groups in total. The molecule has 2 aromatic carbocycles. The molecule has 1 amide bonds. The van der Waals surface area contributed by atoms with Gasteiger partial charge in [-0.2, -0.15) is 0 Å². The Morgan fingerprint density at radius 2 is 2.00 bits per heavy atom. The van der Waals surface area contributed by atoms with Crippen LogP contribution in [-0.2, 0) is 9.53 Å². The zero-order chi connectivity index (χ0) is 19.7. The van der Waals surface area contributed by atoms with E-state index in [-0.39, 0.29) is 10.9 Å². The number of halogens is 1. The third kappa shape index (κ3) is 3.61. The summed E-state index contributed by atoms with van der Waals surface area (Å²) in [6.45, 7) is 1.35. The maximum Gasteiger partial charge on any atom is 0.348 e. The Hall–Kier alpha value is -3.19. The van der Waals surface area contributed by atoms with Crippen molar-refractivity contribution in [2.75, 3.05) is 6.61 Å². The van der Waals surface area contributed by atoms with Gasteiger partial charge in [0.1, 0.15) is 22.0 Å². The quantitative estimate of drug-likeness (QED) is 0.490.